The number of piperidine rings is 1. The minimum Gasteiger partial charge on any atom is -0.346 e. The minimum atomic E-state index is 0.292. The van der Waals surface area contributed by atoms with Crippen LogP contribution >= 0.6 is 0 Å². The number of carbonyl (C=O) groups excluding carboxylic acids is 3. The van der Waals surface area contributed by atoms with E-state index in [-0.39, 0.29) is 0 Å². The summed E-state index contributed by atoms with van der Waals surface area (Å²) < 4.78 is 0. The van der Waals surface area contributed by atoms with Gasteiger partial charge in [-0.2, -0.15) is 0 Å². The molecule has 0 unspecified atom stereocenters. The zero-order valence-electron chi connectivity index (χ0n) is 15.6. The predicted octanol–water partition coefficient (Wildman–Crippen LogP) is 1.89. The molecular weight excluding hydrogens is 306 g/mol. The molecule has 0 N–H and O–H groups in total. The highest BCUT2D eigenvalue weighted by Gasteiger charge is 2.14. The fourth-order valence-electron chi connectivity index (χ4n) is 2.84. The summed E-state index contributed by atoms with van der Waals surface area (Å²) in [6.45, 7) is 2.87. The number of likely N-dealkylation sites (tertiary alicyclic amines) is 3. The van der Waals surface area contributed by atoms with Gasteiger partial charge in [-0.1, -0.05) is 6.42 Å². The van der Waals surface area contributed by atoms with Crippen LogP contribution in [0.1, 0.15) is 57.8 Å². The van der Waals surface area contributed by atoms with E-state index in [2.05, 4.69) is 0 Å². The van der Waals surface area contributed by atoms with Gasteiger partial charge < -0.3 is 14.7 Å². The summed E-state index contributed by atoms with van der Waals surface area (Å²) in [5, 5.41) is 0. The Morgan fingerprint density at radius 2 is 0.833 bits per heavy atom. The van der Waals surface area contributed by atoms with Crippen LogP contribution in [0.4, 0.5) is 0 Å². The van der Waals surface area contributed by atoms with Crippen molar-refractivity contribution in [3.63, 3.8) is 0 Å². The molecule has 0 aromatic carbocycles. The maximum Gasteiger partial charge on any atom is 0.222 e. The lowest BCUT2D eigenvalue weighted by Crippen LogP contribution is -2.31. The predicted molar refractivity (Wildman–Crippen MR) is 94.5 cm³/mol. The molecular formula is C18H33N3O3. The first kappa shape index (κ1) is 20.5. The van der Waals surface area contributed by atoms with Crippen molar-refractivity contribution in [1.82, 2.24) is 14.7 Å². The summed E-state index contributed by atoms with van der Waals surface area (Å²) in [6.07, 6.45) is 9.09. The van der Waals surface area contributed by atoms with E-state index in [9.17, 15) is 14.4 Å². The van der Waals surface area contributed by atoms with Crippen molar-refractivity contribution < 1.29 is 14.4 Å². The minimum absolute atomic E-state index is 0.292. The van der Waals surface area contributed by atoms with Gasteiger partial charge in [-0.05, 0) is 32.1 Å². The molecule has 6 nitrogen and oxygen atoms in total. The lowest BCUT2D eigenvalue weighted by atomic mass is 10.1. The van der Waals surface area contributed by atoms with Crippen molar-refractivity contribution in [3.8, 4) is 0 Å². The molecule has 138 valence electrons. The Hall–Kier alpha value is -1.59. The number of hydrogen-bond donors (Lipinski definition) is 0. The van der Waals surface area contributed by atoms with Crippen LogP contribution in [0.3, 0.4) is 0 Å². The molecule has 3 heterocycles. The number of carbonyl (C=O) groups is 3. The van der Waals surface area contributed by atoms with Gasteiger partial charge in [0.25, 0.3) is 0 Å². The van der Waals surface area contributed by atoms with E-state index >= 15 is 0 Å². The van der Waals surface area contributed by atoms with E-state index < -0.39 is 0 Å². The SMILES string of the molecule is CN1CCCC1=O.CN1CCCCC1=O.CN1CCCCCC1=O. The van der Waals surface area contributed by atoms with E-state index in [0.29, 0.717) is 17.7 Å². The van der Waals surface area contributed by atoms with Crippen LogP contribution in [-0.2, 0) is 14.4 Å². The van der Waals surface area contributed by atoms with Gasteiger partial charge in [0.05, 0.1) is 0 Å². The highest BCUT2D eigenvalue weighted by molar-refractivity contribution is 5.77. The third-order valence-corrected chi connectivity index (χ3v) is 4.68. The Morgan fingerprint density at radius 1 is 0.500 bits per heavy atom. The Balaban J connectivity index is 0.000000181. The topological polar surface area (TPSA) is 60.9 Å². The lowest BCUT2D eigenvalue weighted by molar-refractivity contribution is -0.132. The fourth-order valence-corrected chi connectivity index (χ4v) is 2.84. The molecule has 0 saturated carbocycles. The maximum absolute atomic E-state index is 10.9. The molecule has 0 aliphatic carbocycles. The highest BCUT2D eigenvalue weighted by Crippen LogP contribution is 2.08. The van der Waals surface area contributed by atoms with E-state index in [0.717, 1.165) is 58.2 Å². The normalized spacial score (nSPS) is 21.6. The standard InChI is InChI=1S/C7H13NO.C6H11NO.C5H9NO/c1-8-6-4-2-3-5-7(8)9;1-7-5-3-2-4-6(7)8;1-6-4-2-3-5(6)7/h2-6H2,1H3;2-5H2,1H3;2-4H2,1H3. The average molecular weight is 339 g/mol. The van der Waals surface area contributed by atoms with E-state index in [1.54, 1.807) is 9.80 Å². The van der Waals surface area contributed by atoms with Gasteiger partial charge in [-0.25, -0.2) is 0 Å². The molecule has 0 aromatic heterocycles. The van der Waals surface area contributed by atoms with Gasteiger partial charge in [0.1, 0.15) is 0 Å². The Kier molecular flexibility index (Phi) is 9.42. The molecule has 0 radical (unpaired) electrons. The second kappa shape index (κ2) is 11.0. The summed E-state index contributed by atoms with van der Waals surface area (Å²) in [5.41, 5.74) is 0. The quantitative estimate of drug-likeness (QED) is 0.677. The number of rotatable bonds is 0. The van der Waals surface area contributed by atoms with Crippen LogP contribution in [0.5, 0.6) is 0 Å². The monoisotopic (exact) mass is 339 g/mol. The summed E-state index contributed by atoms with van der Waals surface area (Å²) in [6, 6.07) is 0. The molecule has 3 aliphatic rings. The van der Waals surface area contributed by atoms with E-state index in [1.807, 2.05) is 26.0 Å². The van der Waals surface area contributed by atoms with Crippen LogP contribution < -0.4 is 0 Å². The first-order chi connectivity index (χ1) is 11.4. The van der Waals surface area contributed by atoms with Crippen molar-refractivity contribution in [3.05, 3.63) is 0 Å². The van der Waals surface area contributed by atoms with Crippen LogP contribution in [0, 0.1) is 0 Å². The van der Waals surface area contributed by atoms with Crippen molar-refractivity contribution in [1.29, 1.82) is 0 Å². The van der Waals surface area contributed by atoms with Crippen LogP contribution in [-0.4, -0.2) is 73.2 Å². The zero-order valence-corrected chi connectivity index (χ0v) is 15.6. The first-order valence-corrected chi connectivity index (χ1v) is 9.13. The van der Waals surface area contributed by atoms with Gasteiger partial charge in [0.15, 0.2) is 0 Å². The van der Waals surface area contributed by atoms with Gasteiger partial charge in [-0.3, -0.25) is 14.4 Å². The molecule has 0 spiro atoms. The van der Waals surface area contributed by atoms with Gasteiger partial charge in [0.2, 0.25) is 17.7 Å². The molecule has 3 amide bonds. The average Bonchev–Trinajstić information content (AvgIpc) is 2.83. The second-order valence-electron chi connectivity index (χ2n) is 6.82. The molecule has 6 heteroatoms. The molecule has 24 heavy (non-hydrogen) atoms. The molecule has 0 aromatic rings. The molecule has 0 atom stereocenters. The smallest absolute Gasteiger partial charge is 0.222 e. The lowest BCUT2D eigenvalue weighted by Gasteiger charge is -2.21. The van der Waals surface area contributed by atoms with E-state index in [4.69, 9.17) is 0 Å². The highest BCUT2D eigenvalue weighted by atomic mass is 16.2. The Morgan fingerprint density at radius 3 is 1.25 bits per heavy atom. The Bertz CT molecular complexity index is 426. The third kappa shape index (κ3) is 7.79. The second-order valence-corrected chi connectivity index (χ2v) is 6.82. The van der Waals surface area contributed by atoms with Crippen molar-refractivity contribution >= 4 is 17.7 Å². The first-order valence-electron chi connectivity index (χ1n) is 9.13. The van der Waals surface area contributed by atoms with Crippen molar-refractivity contribution in [2.24, 2.45) is 0 Å². The van der Waals surface area contributed by atoms with Gasteiger partial charge in [0, 0.05) is 60.0 Å². The van der Waals surface area contributed by atoms with Crippen molar-refractivity contribution in [2.45, 2.75) is 57.8 Å². The Labute approximate surface area is 146 Å². The number of nitrogens with zero attached hydrogens (tertiary/aromatic N) is 3. The number of hydrogen-bond acceptors (Lipinski definition) is 3. The molecule has 0 bridgehead atoms. The van der Waals surface area contributed by atoms with Crippen molar-refractivity contribution in [2.75, 3.05) is 40.8 Å². The maximum atomic E-state index is 10.9. The fraction of sp³-hybridized carbons (Fsp3) is 0.833. The molecule has 3 fully saturated rings. The zero-order chi connectivity index (χ0) is 17.9. The largest absolute Gasteiger partial charge is 0.346 e. The van der Waals surface area contributed by atoms with Crippen LogP contribution in [0.2, 0.25) is 0 Å². The summed E-state index contributed by atoms with van der Waals surface area (Å²) in [4.78, 5) is 37.5. The number of amides is 3. The van der Waals surface area contributed by atoms with E-state index in [1.165, 1.54) is 19.3 Å². The van der Waals surface area contributed by atoms with Gasteiger partial charge >= 0.3 is 0 Å². The summed E-state index contributed by atoms with van der Waals surface area (Å²) in [7, 11) is 5.59. The summed E-state index contributed by atoms with van der Waals surface area (Å²) >= 11 is 0. The summed E-state index contributed by atoms with van der Waals surface area (Å²) in [5.74, 6) is 0.906. The molecule has 3 rings (SSSR count). The third-order valence-electron chi connectivity index (χ3n) is 4.68. The van der Waals surface area contributed by atoms with Crippen LogP contribution in [0.25, 0.3) is 0 Å². The van der Waals surface area contributed by atoms with Crippen LogP contribution in [0.15, 0.2) is 0 Å². The molecule has 3 aliphatic heterocycles. The molecule has 3 saturated heterocycles. The van der Waals surface area contributed by atoms with Gasteiger partial charge in [-0.15, -0.1) is 0 Å².